The van der Waals surface area contributed by atoms with Crippen LogP contribution in [0, 0.1) is 11.3 Å². The van der Waals surface area contributed by atoms with E-state index in [2.05, 4.69) is 4.98 Å². The molecule has 25 heavy (non-hydrogen) atoms. The first-order valence-electron chi connectivity index (χ1n) is 9.29. The van der Waals surface area contributed by atoms with Crippen molar-refractivity contribution in [3.63, 3.8) is 0 Å². The lowest BCUT2D eigenvalue weighted by atomic mass is 9.81. The van der Waals surface area contributed by atoms with Crippen LogP contribution < -0.4 is 5.56 Å². The number of carbonyl (C=O) groups excluding carboxylic acids is 1. The lowest BCUT2D eigenvalue weighted by Gasteiger charge is -2.23. The molecule has 1 aliphatic heterocycles. The summed E-state index contributed by atoms with van der Waals surface area (Å²) in [6.45, 7) is 0.671. The number of carboxylic acid groups (broad SMARTS) is 1. The molecule has 2 N–H and O–H groups in total. The molecule has 2 aliphatic carbocycles. The Morgan fingerprint density at radius 3 is 2.76 bits per heavy atom. The number of nitrogens with one attached hydrogen (secondary N) is 1. The van der Waals surface area contributed by atoms with E-state index in [-0.39, 0.29) is 29.5 Å². The molecule has 0 radical (unpaired) electrons. The molecule has 0 unspecified atom stereocenters. The number of rotatable bonds is 2. The zero-order chi connectivity index (χ0) is 17.6. The van der Waals surface area contributed by atoms with E-state index in [0.717, 1.165) is 56.2 Å². The van der Waals surface area contributed by atoms with Crippen molar-refractivity contribution < 1.29 is 14.7 Å². The van der Waals surface area contributed by atoms with Gasteiger partial charge in [0.1, 0.15) is 5.56 Å². The van der Waals surface area contributed by atoms with Crippen LogP contribution in [0.4, 0.5) is 0 Å². The highest BCUT2D eigenvalue weighted by Gasteiger charge is 2.56. The first-order valence-corrected chi connectivity index (χ1v) is 9.29. The van der Waals surface area contributed by atoms with Crippen molar-refractivity contribution in [2.75, 3.05) is 13.1 Å². The van der Waals surface area contributed by atoms with Gasteiger partial charge in [0.15, 0.2) is 0 Å². The first kappa shape index (κ1) is 16.4. The summed E-state index contributed by atoms with van der Waals surface area (Å²) in [4.78, 5) is 41.7. The Bertz CT molecular complexity index is 784. The van der Waals surface area contributed by atoms with E-state index in [4.69, 9.17) is 0 Å². The molecule has 0 aromatic carbocycles. The van der Waals surface area contributed by atoms with Gasteiger partial charge in [0, 0.05) is 18.8 Å². The molecule has 1 saturated heterocycles. The predicted molar refractivity (Wildman–Crippen MR) is 91.6 cm³/mol. The molecule has 1 amide bonds. The van der Waals surface area contributed by atoms with Gasteiger partial charge in [-0.3, -0.25) is 14.4 Å². The zero-order valence-electron chi connectivity index (χ0n) is 14.3. The van der Waals surface area contributed by atoms with Crippen LogP contribution in [0.25, 0.3) is 0 Å². The molecule has 0 spiro atoms. The number of pyridine rings is 1. The number of fused-ring (bicyclic) bond motifs is 2. The van der Waals surface area contributed by atoms with Gasteiger partial charge < -0.3 is 15.0 Å². The van der Waals surface area contributed by atoms with Crippen molar-refractivity contribution in [1.82, 2.24) is 9.88 Å². The monoisotopic (exact) mass is 344 g/mol. The minimum absolute atomic E-state index is 0.00820. The largest absolute Gasteiger partial charge is 0.481 e. The summed E-state index contributed by atoms with van der Waals surface area (Å²) in [6, 6.07) is 1.75. The second kappa shape index (κ2) is 6.00. The Kier molecular flexibility index (Phi) is 3.93. The summed E-state index contributed by atoms with van der Waals surface area (Å²) in [6.07, 6.45) is 7.37. The number of carbonyl (C=O) groups is 2. The van der Waals surface area contributed by atoms with Gasteiger partial charge in [-0.25, -0.2) is 0 Å². The topological polar surface area (TPSA) is 90.5 Å². The summed E-state index contributed by atoms with van der Waals surface area (Å²) in [7, 11) is 0. The highest BCUT2D eigenvalue weighted by molar-refractivity contribution is 5.95. The van der Waals surface area contributed by atoms with E-state index >= 15 is 0 Å². The predicted octanol–water partition coefficient (Wildman–Crippen LogP) is 1.97. The van der Waals surface area contributed by atoms with Crippen molar-refractivity contribution in [2.45, 2.75) is 51.4 Å². The Morgan fingerprint density at radius 2 is 2.00 bits per heavy atom. The summed E-state index contributed by atoms with van der Waals surface area (Å²) >= 11 is 0. The van der Waals surface area contributed by atoms with Crippen LogP contribution in [-0.4, -0.2) is 40.0 Å². The smallest absolute Gasteiger partial charge is 0.311 e. The second-order valence-corrected chi connectivity index (χ2v) is 7.81. The molecule has 134 valence electrons. The number of H-pyrrole nitrogens is 1. The molecule has 2 heterocycles. The molecule has 6 heteroatoms. The Hall–Kier alpha value is -2.11. The van der Waals surface area contributed by atoms with Gasteiger partial charge in [0.25, 0.3) is 11.5 Å². The summed E-state index contributed by atoms with van der Waals surface area (Å²) < 4.78 is 0. The molecule has 6 nitrogen and oxygen atoms in total. The molecule has 1 saturated carbocycles. The molecular formula is C19H24N2O4. The minimum Gasteiger partial charge on any atom is -0.481 e. The van der Waals surface area contributed by atoms with Crippen LogP contribution >= 0.6 is 0 Å². The van der Waals surface area contributed by atoms with Crippen molar-refractivity contribution in [3.05, 3.63) is 33.2 Å². The number of likely N-dealkylation sites (tertiary alicyclic amines) is 1. The van der Waals surface area contributed by atoms with Crippen molar-refractivity contribution in [3.8, 4) is 0 Å². The van der Waals surface area contributed by atoms with E-state index in [1.165, 1.54) is 0 Å². The van der Waals surface area contributed by atoms with Gasteiger partial charge in [0.05, 0.1) is 5.41 Å². The fraction of sp³-hybridized carbons (Fsp3) is 0.632. The normalized spacial score (nSPS) is 28.3. The fourth-order valence-electron chi connectivity index (χ4n) is 4.97. The molecule has 1 aromatic rings. The summed E-state index contributed by atoms with van der Waals surface area (Å²) in [5.74, 6) is -1.11. The first-order chi connectivity index (χ1) is 12.0. The molecule has 1 aromatic heterocycles. The van der Waals surface area contributed by atoms with Crippen LogP contribution in [0.2, 0.25) is 0 Å². The van der Waals surface area contributed by atoms with Gasteiger partial charge >= 0.3 is 5.97 Å². The highest BCUT2D eigenvalue weighted by atomic mass is 16.4. The van der Waals surface area contributed by atoms with Crippen LogP contribution in [0.5, 0.6) is 0 Å². The molecule has 2 fully saturated rings. The maximum absolute atomic E-state index is 12.9. The van der Waals surface area contributed by atoms with E-state index in [0.29, 0.717) is 13.0 Å². The van der Waals surface area contributed by atoms with Gasteiger partial charge in [-0.2, -0.15) is 0 Å². The van der Waals surface area contributed by atoms with Gasteiger partial charge in [-0.15, -0.1) is 0 Å². The lowest BCUT2D eigenvalue weighted by molar-refractivity contribution is -0.149. The quantitative estimate of drug-likeness (QED) is 0.803. The van der Waals surface area contributed by atoms with E-state index in [9.17, 15) is 19.5 Å². The number of carboxylic acids is 1. The number of hydrogen-bond acceptors (Lipinski definition) is 3. The number of aromatic nitrogens is 1. The minimum atomic E-state index is -0.811. The van der Waals surface area contributed by atoms with Crippen LogP contribution in [0.15, 0.2) is 10.9 Å². The maximum atomic E-state index is 12.9. The van der Waals surface area contributed by atoms with Gasteiger partial charge in [-0.1, -0.05) is 12.8 Å². The standard InChI is InChI=1S/C19H24N2O4/c22-16-14(9-12-5-2-1-3-7-15(12)20-16)17(23)21-10-13-6-4-8-19(13,11-21)18(24)25/h9,13H,1-8,10-11H2,(H,20,22)(H,24,25)/t13-,19+/m0/s1. The van der Waals surface area contributed by atoms with Crippen molar-refractivity contribution in [1.29, 1.82) is 0 Å². The maximum Gasteiger partial charge on any atom is 0.311 e. The van der Waals surface area contributed by atoms with Crippen LogP contribution in [0.1, 0.15) is 60.1 Å². The average Bonchev–Trinajstić information content (AvgIpc) is 3.05. The van der Waals surface area contributed by atoms with E-state index < -0.39 is 11.4 Å². The SMILES string of the molecule is O=C(c1cc2c([nH]c1=O)CCCCC2)N1C[C@@H]2CCC[C@@]2(C(=O)O)C1. The lowest BCUT2D eigenvalue weighted by Crippen LogP contribution is -2.38. The number of nitrogens with zero attached hydrogens (tertiary/aromatic N) is 1. The van der Waals surface area contributed by atoms with Gasteiger partial charge in [-0.05, 0) is 56.1 Å². The molecule has 2 atom stereocenters. The van der Waals surface area contributed by atoms with Crippen LogP contribution in [-0.2, 0) is 17.6 Å². The fourth-order valence-corrected chi connectivity index (χ4v) is 4.97. The molecular weight excluding hydrogens is 320 g/mol. The second-order valence-electron chi connectivity index (χ2n) is 7.81. The average molecular weight is 344 g/mol. The van der Waals surface area contributed by atoms with E-state index in [1.807, 2.05) is 0 Å². The molecule has 0 bridgehead atoms. The van der Waals surface area contributed by atoms with Gasteiger partial charge in [0.2, 0.25) is 0 Å². The van der Waals surface area contributed by atoms with Crippen molar-refractivity contribution in [2.24, 2.45) is 11.3 Å². The Morgan fingerprint density at radius 1 is 1.20 bits per heavy atom. The number of aromatic amines is 1. The summed E-state index contributed by atoms with van der Waals surface area (Å²) in [5.41, 5.74) is 1.04. The number of amides is 1. The number of aryl methyl sites for hydroxylation is 2. The Balaban J connectivity index is 1.63. The van der Waals surface area contributed by atoms with E-state index in [1.54, 1.807) is 11.0 Å². The highest BCUT2D eigenvalue weighted by Crippen LogP contribution is 2.49. The molecule has 3 aliphatic rings. The Labute approximate surface area is 146 Å². The molecule has 4 rings (SSSR count). The third-order valence-electron chi connectivity index (χ3n) is 6.40. The summed E-state index contributed by atoms with van der Waals surface area (Å²) in [5, 5.41) is 9.68. The number of aliphatic carboxylic acids is 1. The third kappa shape index (κ3) is 2.58. The third-order valence-corrected chi connectivity index (χ3v) is 6.40. The zero-order valence-corrected chi connectivity index (χ0v) is 14.3. The van der Waals surface area contributed by atoms with Crippen molar-refractivity contribution >= 4 is 11.9 Å². The van der Waals surface area contributed by atoms with Crippen LogP contribution in [0.3, 0.4) is 0 Å². The number of hydrogen-bond donors (Lipinski definition) is 2.